The molecule has 0 aliphatic heterocycles. The van der Waals surface area contributed by atoms with Crippen molar-refractivity contribution in [1.29, 1.82) is 0 Å². The molecule has 1 rings (SSSR count). The van der Waals surface area contributed by atoms with E-state index in [9.17, 15) is 4.79 Å². The van der Waals surface area contributed by atoms with E-state index < -0.39 is 0 Å². The van der Waals surface area contributed by atoms with Crippen LogP contribution in [0.15, 0.2) is 18.2 Å². The minimum Gasteiger partial charge on any atom is -0.396 e. The van der Waals surface area contributed by atoms with Crippen LogP contribution < -0.4 is 5.32 Å². The minimum atomic E-state index is 0.0106. The fourth-order valence-electron chi connectivity index (χ4n) is 2.04. The Morgan fingerprint density at radius 3 is 2.63 bits per heavy atom. The Morgan fingerprint density at radius 1 is 1.42 bits per heavy atom. The number of benzene rings is 1. The van der Waals surface area contributed by atoms with Crippen LogP contribution in [-0.2, 0) is 0 Å². The predicted molar refractivity (Wildman–Crippen MR) is 78.6 cm³/mol. The lowest BCUT2D eigenvalue weighted by atomic mass is 10.1. The maximum absolute atomic E-state index is 12.6. The molecule has 1 amide bonds. The van der Waals surface area contributed by atoms with Gasteiger partial charge in [0.25, 0.3) is 5.91 Å². The molecule has 1 aromatic rings. The van der Waals surface area contributed by atoms with E-state index in [-0.39, 0.29) is 18.6 Å². The van der Waals surface area contributed by atoms with Crippen molar-refractivity contribution in [1.82, 2.24) is 4.90 Å². The molecule has 1 aromatic carbocycles. The van der Waals surface area contributed by atoms with Gasteiger partial charge in [0.15, 0.2) is 0 Å². The lowest BCUT2D eigenvalue weighted by Gasteiger charge is -2.27. The highest BCUT2D eigenvalue weighted by Crippen LogP contribution is 2.20. The standard InChI is InChI=1S/C15H24N2O2/c1-11(2)17(8-5-9-18)15(19)13-10-12(3)6-7-14(13)16-4/h6-7,10-11,16,18H,5,8-9H2,1-4H3. The van der Waals surface area contributed by atoms with Crippen LogP contribution in [0, 0.1) is 6.92 Å². The summed E-state index contributed by atoms with van der Waals surface area (Å²) in [5.74, 6) is 0.0106. The smallest absolute Gasteiger partial charge is 0.256 e. The van der Waals surface area contributed by atoms with Gasteiger partial charge < -0.3 is 15.3 Å². The summed E-state index contributed by atoms with van der Waals surface area (Å²) in [6.07, 6.45) is 0.602. The van der Waals surface area contributed by atoms with Gasteiger partial charge in [0.1, 0.15) is 0 Å². The van der Waals surface area contributed by atoms with Crippen LogP contribution >= 0.6 is 0 Å². The molecule has 0 unspecified atom stereocenters. The van der Waals surface area contributed by atoms with E-state index in [1.165, 1.54) is 0 Å². The number of nitrogens with one attached hydrogen (secondary N) is 1. The van der Waals surface area contributed by atoms with Gasteiger partial charge in [-0.25, -0.2) is 0 Å². The molecule has 0 fully saturated rings. The number of amides is 1. The van der Waals surface area contributed by atoms with Crippen molar-refractivity contribution in [3.8, 4) is 0 Å². The first-order valence-corrected chi connectivity index (χ1v) is 6.71. The second-order valence-electron chi connectivity index (χ2n) is 4.97. The quantitative estimate of drug-likeness (QED) is 0.828. The molecular formula is C15H24N2O2. The van der Waals surface area contributed by atoms with Crippen molar-refractivity contribution in [2.45, 2.75) is 33.2 Å². The second kappa shape index (κ2) is 7.14. The topological polar surface area (TPSA) is 52.6 Å². The molecule has 4 nitrogen and oxygen atoms in total. The highest BCUT2D eigenvalue weighted by atomic mass is 16.3. The van der Waals surface area contributed by atoms with Gasteiger partial charge in [-0.15, -0.1) is 0 Å². The Balaban J connectivity index is 3.04. The number of aliphatic hydroxyl groups excluding tert-OH is 1. The second-order valence-corrected chi connectivity index (χ2v) is 4.97. The Kier molecular flexibility index (Phi) is 5.83. The molecule has 106 valence electrons. The molecule has 19 heavy (non-hydrogen) atoms. The van der Waals surface area contributed by atoms with Crippen LogP contribution in [0.5, 0.6) is 0 Å². The average Bonchev–Trinajstić information content (AvgIpc) is 2.38. The van der Waals surface area contributed by atoms with Crippen molar-refractivity contribution in [2.75, 3.05) is 25.5 Å². The molecule has 0 spiro atoms. The van der Waals surface area contributed by atoms with Crippen molar-refractivity contribution in [3.05, 3.63) is 29.3 Å². The molecule has 0 saturated heterocycles. The molecular weight excluding hydrogens is 240 g/mol. The lowest BCUT2D eigenvalue weighted by Crippen LogP contribution is -2.38. The Morgan fingerprint density at radius 2 is 2.11 bits per heavy atom. The molecule has 0 radical (unpaired) electrons. The number of aryl methyl sites for hydroxylation is 1. The largest absolute Gasteiger partial charge is 0.396 e. The number of carbonyl (C=O) groups is 1. The van der Waals surface area contributed by atoms with Gasteiger partial charge in [0.2, 0.25) is 0 Å². The average molecular weight is 264 g/mol. The van der Waals surface area contributed by atoms with Crippen LogP contribution in [-0.4, -0.2) is 42.2 Å². The van der Waals surface area contributed by atoms with Gasteiger partial charge in [-0.2, -0.15) is 0 Å². The van der Waals surface area contributed by atoms with Crippen LogP contribution in [0.1, 0.15) is 36.2 Å². The number of rotatable bonds is 6. The van der Waals surface area contributed by atoms with Gasteiger partial charge >= 0.3 is 0 Å². The van der Waals surface area contributed by atoms with E-state index in [2.05, 4.69) is 5.32 Å². The van der Waals surface area contributed by atoms with Crippen molar-refractivity contribution in [3.63, 3.8) is 0 Å². The number of carbonyl (C=O) groups excluding carboxylic acids is 1. The van der Waals surface area contributed by atoms with Crippen molar-refractivity contribution < 1.29 is 9.90 Å². The Labute approximate surface area is 115 Å². The summed E-state index contributed by atoms with van der Waals surface area (Å²) >= 11 is 0. The van der Waals surface area contributed by atoms with E-state index in [0.29, 0.717) is 18.5 Å². The summed E-state index contributed by atoms with van der Waals surface area (Å²) in [5, 5.41) is 12.0. The summed E-state index contributed by atoms with van der Waals surface area (Å²) in [6.45, 7) is 6.63. The van der Waals surface area contributed by atoms with Crippen LogP contribution in [0.25, 0.3) is 0 Å². The highest BCUT2D eigenvalue weighted by molar-refractivity contribution is 6.00. The zero-order valence-electron chi connectivity index (χ0n) is 12.2. The first-order valence-electron chi connectivity index (χ1n) is 6.71. The maximum atomic E-state index is 12.6. The molecule has 0 aliphatic carbocycles. The van der Waals surface area contributed by atoms with Crippen molar-refractivity contribution >= 4 is 11.6 Å². The van der Waals surface area contributed by atoms with E-state index in [4.69, 9.17) is 5.11 Å². The maximum Gasteiger partial charge on any atom is 0.256 e. The van der Waals surface area contributed by atoms with Gasteiger partial charge in [-0.05, 0) is 39.3 Å². The summed E-state index contributed by atoms with van der Waals surface area (Å²) in [5.41, 5.74) is 2.59. The molecule has 0 atom stereocenters. The van der Waals surface area contributed by atoms with Crippen LogP contribution in [0.2, 0.25) is 0 Å². The fourth-order valence-corrected chi connectivity index (χ4v) is 2.04. The van der Waals surface area contributed by atoms with E-state index >= 15 is 0 Å². The zero-order chi connectivity index (χ0) is 14.4. The number of anilines is 1. The zero-order valence-corrected chi connectivity index (χ0v) is 12.2. The van der Waals surface area contributed by atoms with Crippen molar-refractivity contribution in [2.24, 2.45) is 0 Å². The first kappa shape index (κ1) is 15.5. The number of nitrogens with zero attached hydrogens (tertiary/aromatic N) is 1. The van der Waals surface area contributed by atoms with E-state index in [0.717, 1.165) is 11.3 Å². The van der Waals surface area contributed by atoms with E-state index in [1.54, 1.807) is 4.90 Å². The molecule has 0 aliphatic rings. The Bertz CT molecular complexity index is 430. The van der Waals surface area contributed by atoms with Crippen LogP contribution in [0.4, 0.5) is 5.69 Å². The number of hydrogen-bond acceptors (Lipinski definition) is 3. The molecule has 0 bridgehead atoms. The summed E-state index contributed by atoms with van der Waals surface area (Å²) < 4.78 is 0. The molecule has 0 aromatic heterocycles. The molecule has 4 heteroatoms. The number of hydrogen-bond donors (Lipinski definition) is 2. The third-order valence-corrected chi connectivity index (χ3v) is 3.12. The third-order valence-electron chi connectivity index (χ3n) is 3.12. The molecule has 2 N–H and O–H groups in total. The molecule has 0 saturated carbocycles. The summed E-state index contributed by atoms with van der Waals surface area (Å²) in [4.78, 5) is 14.4. The minimum absolute atomic E-state index is 0.0106. The normalized spacial score (nSPS) is 10.6. The SMILES string of the molecule is CNc1ccc(C)cc1C(=O)N(CCCO)C(C)C. The van der Waals surface area contributed by atoms with Gasteiger partial charge in [0.05, 0.1) is 5.56 Å². The lowest BCUT2D eigenvalue weighted by molar-refractivity contribution is 0.0694. The number of aliphatic hydroxyl groups is 1. The molecule has 0 heterocycles. The van der Waals surface area contributed by atoms with Gasteiger partial charge in [0, 0.05) is 31.9 Å². The summed E-state index contributed by atoms with van der Waals surface area (Å²) in [6, 6.07) is 5.93. The van der Waals surface area contributed by atoms with Gasteiger partial charge in [-0.3, -0.25) is 4.79 Å². The monoisotopic (exact) mass is 264 g/mol. The van der Waals surface area contributed by atoms with E-state index in [1.807, 2.05) is 46.0 Å². The van der Waals surface area contributed by atoms with Crippen LogP contribution in [0.3, 0.4) is 0 Å². The third kappa shape index (κ3) is 3.96. The highest BCUT2D eigenvalue weighted by Gasteiger charge is 2.20. The fraction of sp³-hybridized carbons (Fsp3) is 0.533. The Hall–Kier alpha value is -1.55. The first-order chi connectivity index (χ1) is 9.01. The summed E-state index contributed by atoms with van der Waals surface area (Å²) in [7, 11) is 1.81. The predicted octanol–water partition coefficient (Wildman–Crippen LogP) is 2.27. The van der Waals surface area contributed by atoms with Gasteiger partial charge in [-0.1, -0.05) is 11.6 Å².